The van der Waals surface area contributed by atoms with E-state index in [0.29, 0.717) is 0 Å². The van der Waals surface area contributed by atoms with Crippen LogP contribution < -0.4 is 9.47 Å². The van der Waals surface area contributed by atoms with E-state index >= 15 is 0 Å². The number of hydrogen-bond donors (Lipinski definition) is 0. The molecule has 0 fully saturated rings. The monoisotopic (exact) mass is 686 g/mol. The molecule has 1 aliphatic heterocycles. The van der Waals surface area contributed by atoms with Gasteiger partial charge in [0.2, 0.25) is 5.79 Å². The number of fused-ring (bicyclic) bond motifs is 3. The Morgan fingerprint density at radius 3 is 0.925 bits per heavy atom. The van der Waals surface area contributed by atoms with Crippen LogP contribution in [0.25, 0.3) is 77.9 Å². The highest BCUT2D eigenvalue weighted by Gasteiger charge is 2.30. The highest BCUT2D eigenvalue weighted by atomic mass is 16.7. The van der Waals surface area contributed by atoms with Crippen molar-refractivity contribution < 1.29 is 9.47 Å². The predicted molar refractivity (Wildman–Crippen MR) is 211 cm³/mol. The van der Waals surface area contributed by atoms with Crippen LogP contribution in [0.1, 0.15) is 13.8 Å². The van der Waals surface area contributed by atoms with Crippen LogP contribution >= 0.6 is 0 Å². The van der Waals surface area contributed by atoms with Crippen molar-refractivity contribution in [2.24, 2.45) is 0 Å². The first-order chi connectivity index (χ1) is 26.0. The summed E-state index contributed by atoms with van der Waals surface area (Å²) in [5.74, 6) is 0.626. The van der Waals surface area contributed by atoms with Crippen molar-refractivity contribution in [2.75, 3.05) is 0 Å². The van der Waals surface area contributed by atoms with E-state index < -0.39 is 5.79 Å². The van der Waals surface area contributed by atoms with Crippen LogP contribution in [0, 0.1) is 0 Å². The normalized spacial score (nSPS) is 12.8. The van der Waals surface area contributed by atoms with E-state index in [4.69, 9.17) is 9.47 Å². The summed E-state index contributed by atoms with van der Waals surface area (Å²) in [5.41, 5.74) is 14.6. The minimum atomic E-state index is -0.884. The number of benzene rings is 4. The van der Waals surface area contributed by atoms with E-state index in [1.54, 1.807) is 24.8 Å². The Hall–Kier alpha value is -6.92. The van der Waals surface area contributed by atoms with Gasteiger partial charge in [0.05, 0.1) is 0 Å². The lowest BCUT2D eigenvalue weighted by Gasteiger charge is -2.25. The van der Waals surface area contributed by atoms with E-state index in [2.05, 4.69) is 117 Å². The van der Waals surface area contributed by atoms with Crippen LogP contribution in [0.5, 0.6) is 11.5 Å². The maximum Gasteiger partial charge on any atom is 0.245 e. The number of nitrogens with zero attached hydrogens (tertiary/aromatic N) is 4. The van der Waals surface area contributed by atoms with Gasteiger partial charge in [-0.05, 0) is 129 Å². The first-order valence-electron chi connectivity index (χ1n) is 17.5. The van der Waals surface area contributed by atoms with Crippen LogP contribution in [-0.2, 0) is 0 Å². The van der Waals surface area contributed by atoms with Gasteiger partial charge in [-0.1, -0.05) is 36.4 Å². The van der Waals surface area contributed by atoms with Crippen molar-refractivity contribution >= 4 is 0 Å². The molecule has 8 aromatic rings. The van der Waals surface area contributed by atoms with E-state index in [9.17, 15) is 0 Å². The summed E-state index contributed by atoms with van der Waals surface area (Å²) >= 11 is 0. The molecular formula is C47H34N4O2. The van der Waals surface area contributed by atoms with Crippen molar-refractivity contribution in [3.63, 3.8) is 0 Å². The Bertz CT molecular complexity index is 2280. The van der Waals surface area contributed by atoms with E-state index in [1.165, 1.54) is 0 Å². The fourth-order valence-electron chi connectivity index (χ4n) is 6.96. The second kappa shape index (κ2) is 13.3. The zero-order valence-electron chi connectivity index (χ0n) is 29.3. The van der Waals surface area contributed by atoms with Crippen molar-refractivity contribution in [1.29, 1.82) is 0 Å². The van der Waals surface area contributed by atoms with E-state index in [0.717, 1.165) is 89.4 Å². The summed E-state index contributed by atoms with van der Waals surface area (Å²) in [5, 5.41) is 0. The van der Waals surface area contributed by atoms with E-state index in [1.807, 2.05) is 62.9 Å². The smallest absolute Gasteiger partial charge is 0.245 e. The van der Waals surface area contributed by atoms with Crippen LogP contribution in [0.15, 0.2) is 171 Å². The second-order valence-corrected chi connectivity index (χ2v) is 13.6. The SMILES string of the molecule is CC1(C)Oc2ccc(-c3cc(-c4cccnc4)cc(-c4cccnc4)c3)cc2-c2cc(-c3cc(-c4cccnc4)cc(-c4cccnc4)c3)ccc2O1. The molecule has 0 amide bonds. The number of aromatic nitrogens is 4. The van der Waals surface area contributed by atoms with Gasteiger partial charge in [-0.25, -0.2) is 0 Å². The number of ether oxygens (including phenoxy) is 2. The molecule has 5 heterocycles. The van der Waals surface area contributed by atoms with Crippen LogP contribution in [0.2, 0.25) is 0 Å². The zero-order chi connectivity index (χ0) is 35.8. The van der Waals surface area contributed by atoms with Crippen molar-refractivity contribution in [3.05, 3.63) is 171 Å². The molecule has 0 radical (unpaired) electrons. The summed E-state index contributed by atoms with van der Waals surface area (Å²) in [6, 6.07) is 42.3. The third-order valence-electron chi connectivity index (χ3n) is 9.47. The Balaban J connectivity index is 1.21. The molecular weight excluding hydrogens is 653 g/mol. The van der Waals surface area contributed by atoms with Gasteiger partial charge in [0, 0.05) is 96.8 Å². The van der Waals surface area contributed by atoms with Gasteiger partial charge in [-0.15, -0.1) is 0 Å². The van der Waals surface area contributed by atoms with Crippen LogP contribution in [0.3, 0.4) is 0 Å². The van der Waals surface area contributed by atoms with Crippen molar-refractivity contribution in [2.45, 2.75) is 19.6 Å². The first kappa shape index (κ1) is 32.0. The van der Waals surface area contributed by atoms with Gasteiger partial charge in [0.1, 0.15) is 11.5 Å². The third kappa shape index (κ3) is 6.54. The average Bonchev–Trinajstić information content (AvgIpc) is 3.33. The molecule has 0 bridgehead atoms. The molecule has 6 nitrogen and oxygen atoms in total. The number of hydrogen-bond acceptors (Lipinski definition) is 6. The van der Waals surface area contributed by atoms with Crippen molar-refractivity contribution in [1.82, 2.24) is 19.9 Å². The molecule has 0 unspecified atom stereocenters. The molecule has 0 N–H and O–H groups in total. The summed E-state index contributed by atoms with van der Waals surface area (Å²) < 4.78 is 13.1. The van der Waals surface area contributed by atoms with E-state index in [-0.39, 0.29) is 0 Å². The Morgan fingerprint density at radius 2 is 0.642 bits per heavy atom. The number of rotatable bonds is 6. The molecule has 4 aromatic heterocycles. The van der Waals surface area contributed by atoms with Gasteiger partial charge in [-0.3, -0.25) is 19.9 Å². The van der Waals surface area contributed by atoms with Gasteiger partial charge >= 0.3 is 0 Å². The molecule has 9 rings (SSSR count). The molecule has 53 heavy (non-hydrogen) atoms. The first-order valence-corrected chi connectivity index (χ1v) is 17.5. The fraction of sp³-hybridized carbons (Fsp3) is 0.0638. The largest absolute Gasteiger partial charge is 0.452 e. The predicted octanol–water partition coefficient (Wildman–Crippen LogP) is 11.4. The topological polar surface area (TPSA) is 70.0 Å². The molecule has 0 saturated carbocycles. The van der Waals surface area contributed by atoms with Gasteiger partial charge in [-0.2, -0.15) is 0 Å². The van der Waals surface area contributed by atoms with Gasteiger partial charge in [0.25, 0.3) is 0 Å². The average molecular weight is 687 g/mol. The lowest BCUT2D eigenvalue weighted by molar-refractivity contribution is -0.0778. The Morgan fingerprint density at radius 1 is 0.340 bits per heavy atom. The summed E-state index contributed by atoms with van der Waals surface area (Å²) in [6.07, 6.45) is 14.8. The van der Waals surface area contributed by atoms with Crippen LogP contribution in [0.4, 0.5) is 0 Å². The maximum atomic E-state index is 6.55. The lowest BCUT2D eigenvalue weighted by Crippen LogP contribution is -2.34. The standard InChI is InChI=1S/C47H34N4O2/c1-47(2)52-45-13-11-31(37-19-39(33-7-3-15-48-27-33)23-40(20-37)34-8-4-16-49-28-34)25-43(45)44-26-32(12-14-46(44)53-47)38-21-41(35-9-5-17-50-29-35)24-42(22-38)36-10-6-18-51-30-36/h3-30H,1-2H3. The Labute approximate surface area is 308 Å². The molecule has 4 aromatic carbocycles. The molecule has 0 atom stereocenters. The quantitative estimate of drug-likeness (QED) is 0.173. The highest BCUT2D eigenvalue weighted by molar-refractivity contribution is 5.88. The third-order valence-corrected chi connectivity index (χ3v) is 9.47. The lowest BCUT2D eigenvalue weighted by atomic mass is 9.90. The van der Waals surface area contributed by atoms with Crippen molar-refractivity contribution in [3.8, 4) is 89.4 Å². The summed E-state index contributed by atoms with van der Waals surface area (Å²) in [7, 11) is 0. The minimum absolute atomic E-state index is 0.755. The highest BCUT2D eigenvalue weighted by Crippen LogP contribution is 2.46. The maximum absolute atomic E-state index is 6.55. The zero-order valence-corrected chi connectivity index (χ0v) is 29.3. The summed E-state index contributed by atoms with van der Waals surface area (Å²) in [4.78, 5) is 17.6. The minimum Gasteiger partial charge on any atom is -0.452 e. The molecule has 6 heteroatoms. The Kier molecular flexibility index (Phi) is 8.05. The van der Waals surface area contributed by atoms with Crippen LogP contribution in [-0.4, -0.2) is 25.7 Å². The molecule has 254 valence electrons. The molecule has 1 aliphatic rings. The molecule has 0 aliphatic carbocycles. The molecule has 0 saturated heterocycles. The fourth-order valence-corrected chi connectivity index (χ4v) is 6.96. The molecule has 0 spiro atoms. The number of pyridine rings is 4. The van der Waals surface area contributed by atoms with Gasteiger partial charge in [0.15, 0.2) is 0 Å². The van der Waals surface area contributed by atoms with Gasteiger partial charge < -0.3 is 9.47 Å². The summed E-state index contributed by atoms with van der Waals surface area (Å²) in [6.45, 7) is 3.89. The second-order valence-electron chi connectivity index (χ2n) is 13.6.